The molecule has 2 aliphatic heterocycles. The Morgan fingerprint density at radius 3 is 2.50 bits per heavy atom. The highest BCUT2D eigenvalue weighted by Crippen LogP contribution is 2.41. The molecule has 0 unspecified atom stereocenters. The Morgan fingerprint density at radius 2 is 1.82 bits per heavy atom. The van der Waals surface area contributed by atoms with E-state index in [1.807, 2.05) is 6.92 Å². The van der Waals surface area contributed by atoms with Crippen LogP contribution in [0.25, 0.3) is 0 Å². The Morgan fingerprint density at radius 1 is 1.14 bits per heavy atom. The van der Waals surface area contributed by atoms with Gasteiger partial charge in [-0.05, 0) is 50.1 Å². The van der Waals surface area contributed by atoms with Crippen LogP contribution in [0.5, 0.6) is 5.75 Å². The van der Waals surface area contributed by atoms with Gasteiger partial charge in [-0.2, -0.15) is 0 Å². The van der Waals surface area contributed by atoms with Crippen LogP contribution in [0.4, 0.5) is 16.2 Å². The van der Waals surface area contributed by atoms with Crippen LogP contribution in [-0.4, -0.2) is 41.6 Å². The van der Waals surface area contributed by atoms with Crippen molar-refractivity contribution in [3.8, 4) is 5.75 Å². The molecule has 3 amide bonds. The van der Waals surface area contributed by atoms with Crippen LogP contribution in [0.15, 0.2) is 48.5 Å². The molecule has 1 atom stereocenters. The fraction of sp³-hybridized carbons (Fsp3) is 0.333. The number of carbonyl (C=O) groups is 2. The molecule has 1 saturated heterocycles. The average Bonchev–Trinajstić information content (AvgIpc) is 3.23. The van der Waals surface area contributed by atoms with Crippen molar-refractivity contribution in [2.45, 2.75) is 25.5 Å². The third-order valence-corrected chi connectivity index (χ3v) is 5.17. The fourth-order valence-electron chi connectivity index (χ4n) is 3.85. The van der Waals surface area contributed by atoms with E-state index in [-0.39, 0.29) is 0 Å². The monoisotopic (exact) mass is 381 g/mol. The first-order valence-corrected chi connectivity index (χ1v) is 9.51. The molecule has 7 nitrogen and oxygen atoms in total. The van der Waals surface area contributed by atoms with Crippen molar-refractivity contribution in [2.75, 3.05) is 29.9 Å². The van der Waals surface area contributed by atoms with Gasteiger partial charge in [0.1, 0.15) is 5.75 Å². The zero-order valence-corrected chi connectivity index (χ0v) is 15.7. The number of benzene rings is 2. The van der Waals surface area contributed by atoms with Crippen LogP contribution in [0.2, 0.25) is 0 Å². The minimum absolute atomic E-state index is 0.361. The minimum Gasteiger partial charge on any atom is -0.494 e. The van der Waals surface area contributed by atoms with Crippen LogP contribution >= 0.6 is 0 Å². The highest BCUT2D eigenvalue weighted by Gasteiger charge is 2.53. The second-order valence-corrected chi connectivity index (χ2v) is 6.91. The summed E-state index contributed by atoms with van der Waals surface area (Å²) in [4.78, 5) is 29.1. The van der Waals surface area contributed by atoms with Gasteiger partial charge < -0.3 is 20.1 Å². The molecule has 0 spiro atoms. The number of hydrogen-bond acceptors (Lipinski definition) is 4. The fourth-order valence-corrected chi connectivity index (χ4v) is 3.85. The second kappa shape index (κ2) is 7.16. The first-order chi connectivity index (χ1) is 13.6. The number of fused-ring (bicyclic) bond motifs is 1. The van der Waals surface area contributed by atoms with E-state index in [4.69, 9.17) is 4.74 Å². The molecule has 146 valence electrons. The number of hydrogen-bond donors (Lipinski definition) is 2. The maximum Gasteiger partial charge on any atom is 0.329 e. The number of anilines is 2. The van der Waals surface area contributed by atoms with Gasteiger partial charge in [0.15, 0.2) is 0 Å². The summed E-state index contributed by atoms with van der Waals surface area (Å²) in [6.07, 6.45) is 1.78. The van der Waals surface area contributed by atoms with Crippen molar-refractivity contribution in [3.05, 3.63) is 54.1 Å². The predicted molar refractivity (Wildman–Crippen MR) is 105 cm³/mol. The summed E-state index contributed by atoms with van der Waals surface area (Å²) in [6, 6.07) is 13.1. The van der Waals surface area contributed by atoms with Crippen molar-refractivity contribution in [3.63, 3.8) is 0 Å². The first-order valence-electron chi connectivity index (χ1n) is 9.51. The lowest BCUT2D eigenvalue weighted by atomic mass is 9.94. The molecule has 0 radical (unpaired) electrons. The summed E-state index contributed by atoms with van der Waals surface area (Å²) in [5, 5.41) is 14.5. The molecule has 28 heavy (non-hydrogen) atoms. The van der Waals surface area contributed by atoms with Crippen LogP contribution in [0, 0.1) is 0 Å². The molecule has 2 aromatic rings. The molecular formula is C21H23N3O4. The van der Waals surface area contributed by atoms with Gasteiger partial charge in [0.2, 0.25) is 0 Å². The van der Waals surface area contributed by atoms with Crippen molar-refractivity contribution < 1.29 is 19.4 Å². The lowest BCUT2D eigenvalue weighted by Gasteiger charge is -2.44. The quantitative estimate of drug-likeness (QED) is 0.853. The Kier molecular flexibility index (Phi) is 4.68. The van der Waals surface area contributed by atoms with Crippen LogP contribution in [0.1, 0.15) is 25.3 Å². The third kappa shape index (κ3) is 2.88. The number of aliphatic hydroxyl groups is 1. The number of carbonyl (C=O) groups excluding carboxylic acids is 2. The van der Waals surface area contributed by atoms with Gasteiger partial charge in [-0.1, -0.05) is 18.2 Å². The molecule has 2 aliphatic rings. The number of rotatable bonds is 4. The van der Waals surface area contributed by atoms with Crippen molar-refractivity contribution in [1.29, 1.82) is 0 Å². The third-order valence-electron chi connectivity index (χ3n) is 5.17. The second-order valence-electron chi connectivity index (χ2n) is 6.91. The van der Waals surface area contributed by atoms with Crippen molar-refractivity contribution in [1.82, 2.24) is 4.90 Å². The zero-order valence-electron chi connectivity index (χ0n) is 15.7. The summed E-state index contributed by atoms with van der Waals surface area (Å²) < 4.78 is 5.46. The first kappa shape index (κ1) is 18.3. The largest absolute Gasteiger partial charge is 0.494 e. The number of nitrogens with zero attached hydrogens (tertiary/aromatic N) is 2. The smallest absolute Gasteiger partial charge is 0.329 e. The van der Waals surface area contributed by atoms with Gasteiger partial charge in [-0.3, -0.25) is 9.69 Å². The average molecular weight is 381 g/mol. The Labute approximate surface area is 163 Å². The van der Waals surface area contributed by atoms with Gasteiger partial charge >= 0.3 is 6.03 Å². The highest BCUT2D eigenvalue weighted by atomic mass is 16.5. The Balaban J connectivity index is 1.82. The number of likely N-dealkylation sites (tertiary alicyclic amines) is 1. The molecule has 0 aliphatic carbocycles. The van der Waals surface area contributed by atoms with Crippen LogP contribution in [0.3, 0.4) is 0 Å². The molecule has 0 aromatic heterocycles. The van der Waals surface area contributed by atoms with E-state index in [1.165, 1.54) is 0 Å². The summed E-state index contributed by atoms with van der Waals surface area (Å²) in [7, 11) is 0. The van der Waals surface area contributed by atoms with Crippen molar-refractivity contribution >= 4 is 23.3 Å². The standard InChI is InChI=1S/C21H23N3O4/c1-2-28-16-11-9-15(10-12-16)24-20(26)22-18-8-4-3-7-17(18)21(24,27)19(25)23-13-5-6-14-23/h3-4,7-12,27H,2,5-6,13-14H2,1H3,(H,22,26)/t21-/m1/s1. The van der Waals surface area contributed by atoms with Crippen LogP contribution < -0.4 is 15.0 Å². The molecule has 0 saturated carbocycles. The lowest BCUT2D eigenvalue weighted by Crippen LogP contribution is -2.62. The summed E-state index contributed by atoms with van der Waals surface area (Å²) in [5.74, 6) is 0.166. The van der Waals surface area contributed by atoms with E-state index in [0.717, 1.165) is 17.7 Å². The predicted octanol–water partition coefficient (Wildman–Crippen LogP) is 2.90. The van der Waals surface area contributed by atoms with E-state index < -0.39 is 17.7 Å². The van der Waals surface area contributed by atoms with Crippen molar-refractivity contribution in [2.24, 2.45) is 0 Å². The normalized spacial score (nSPS) is 21.3. The van der Waals surface area contributed by atoms with Gasteiger partial charge in [-0.25, -0.2) is 4.79 Å². The van der Waals surface area contributed by atoms with E-state index in [0.29, 0.717) is 42.4 Å². The summed E-state index contributed by atoms with van der Waals surface area (Å²) in [6.45, 7) is 3.55. The van der Waals surface area contributed by atoms with E-state index in [1.54, 1.807) is 53.4 Å². The number of urea groups is 1. The molecule has 4 rings (SSSR count). The summed E-state index contributed by atoms with van der Waals surface area (Å²) >= 11 is 0. The molecule has 2 heterocycles. The molecule has 1 fully saturated rings. The lowest BCUT2D eigenvalue weighted by molar-refractivity contribution is -0.150. The zero-order chi connectivity index (χ0) is 19.7. The number of para-hydroxylation sites is 1. The molecule has 2 aromatic carbocycles. The molecular weight excluding hydrogens is 358 g/mol. The van der Waals surface area contributed by atoms with Gasteiger partial charge in [0, 0.05) is 24.3 Å². The van der Waals surface area contributed by atoms with E-state index in [2.05, 4.69) is 5.32 Å². The molecule has 2 N–H and O–H groups in total. The van der Waals surface area contributed by atoms with E-state index >= 15 is 0 Å². The summed E-state index contributed by atoms with van der Waals surface area (Å²) in [5.41, 5.74) is -0.910. The highest BCUT2D eigenvalue weighted by molar-refractivity contribution is 6.11. The SMILES string of the molecule is CCOc1ccc(N2C(=O)Nc3ccccc3[C@@]2(O)C(=O)N2CCCC2)cc1. The van der Waals surface area contributed by atoms with Gasteiger partial charge in [0.25, 0.3) is 11.6 Å². The Hall–Kier alpha value is -3.06. The van der Waals surface area contributed by atoms with E-state index in [9.17, 15) is 14.7 Å². The van der Waals surface area contributed by atoms with Crippen LogP contribution in [-0.2, 0) is 10.5 Å². The topological polar surface area (TPSA) is 82.1 Å². The minimum atomic E-state index is -2.11. The van der Waals surface area contributed by atoms with Gasteiger partial charge in [-0.15, -0.1) is 0 Å². The number of nitrogens with one attached hydrogen (secondary N) is 1. The number of ether oxygens (including phenoxy) is 1. The Bertz CT molecular complexity index is 893. The maximum atomic E-state index is 13.4. The molecule has 0 bridgehead atoms. The van der Waals surface area contributed by atoms with Gasteiger partial charge in [0.05, 0.1) is 12.3 Å². The number of amides is 3. The molecule has 7 heteroatoms. The maximum absolute atomic E-state index is 13.4.